The lowest BCUT2D eigenvalue weighted by atomic mass is 9.76. The normalized spacial score (nSPS) is 28.2. The summed E-state index contributed by atoms with van der Waals surface area (Å²) < 4.78 is 64.8. The summed E-state index contributed by atoms with van der Waals surface area (Å²) in [6.45, 7) is 6.80. The Balaban J connectivity index is 2.04. The van der Waals surface area contributed by atoms with Crippen LogP contribution in [-0.4, -0.2) is 43.8 Å². The zero-order chi connectivity index (χ0) is 19.7. The Morgan fingerprint density at radius 3 is 2.27 bits per heavy atom. The predicted octanol–water partition coefficient (Wildman–Crippen LogP) is 1.68. The number of hydrogen-bond donors (Lipinski definition) is 1. The van der Waals surface area contributed by atoms with E-state index in [0.29, 0.717) is 4.31 Å². The van der Waals surface area contributed by atoms with Crippen molar-refractivity contribution < 1.29 is 26.5 Å². The van der Waals surface area contributed by atoms with Gasteiger partial charge in [0, 0.05) is 22.6 Å². The molecule has 11 heteroatoms. The van der Waals surface area contributed by atoms with Crippen LogP contribution in [0.25, 0.3) is 0 Å². The molecule has 2 unspecified atom stereocenters. The number of rotatable bonds is 3. The lowest BCUT2D eigenvalue weighted by Crippen LogP contribution is -2.56. The molecule has 144 valence electrons. The third kappa shape index (κ3) is 3.16. The molecule has 3 rings (SSSR count). The highest BCUT2D eigenvalue weighted by Gasteiger charge is 2.54. The minimum atomic E-state index is -4.17. The lowest BCUT2D eigenvalue weighted by Gasteiger charge is -2.41. The van der Waals surface area contributed by atoms with Crippen LogP contribution in [0, 0.1) is 5.82 Å². The molecular weight excluding hydrogens is 389 g/mol. The second-order valence-electron chi connectivity index (χ2n) is 7.56. The van der Waals surface area contributed by atoms with Gasteiger partial charge in [-0.25, -0.2) is 13.9 Å². The molecule has 0 saturated carbocycles. The zero-order valence-corrected chi connectivity index (χ0v) is 16.4. The molecule has 2 fully saturated rings. The lowest BCUT2D eigenvalue weighted by molar-refractivity contribution is 0.00578. The smallest absolute Gasteiger partial charge is 0.399 e. The van der Waals surface area contributed by atoms with Crippen LogP contribution < -0.4 is 10.6 Å². The summed E-state index contributed by atoms with van der Waals surface area (Å²) in [7, 11) is -5.23. The van der Waals surface area contributed by atoms with Gasteiger partial charge >= 0.3 is 7.12 Å². The fraction of sp³-hybridized carbons (Fsp3) is 0.600. The van der Waals surface area contributed by atoms with E-state index >= 15 is 4.39 Å². The number of benzene rings is 1. The number of halogens is 3. The first-order chi connectivity index (χ1) is 11.7. The van der Waals surface area contributed by atoms with E-state index in [1.54, 1.807) is 0 Å². The second kappa shape index (κ2) is 6.12. The number of nitrogens with zero attached hydrogens (tertiary/aromatic N) is 1. The van der Waals surface area contributed by atoms with Crippen LogP contribution in [0.5, 0.6) is 0 Å². The van der Waals surface area contributed by atoms with Gasteiger partial charge in [0.1, 0.15) is 12.0 Å². The third-order valence-corrected chi connectivity index (χ3v) is 6.50. The molecular formula is C15H20BClF2N2O4S. The molecule has 2 atom stereocenters. The summed E-state index contributed by atoms with van der Waals surface area (Å²) >= 11 is 6.08. The Hall–Kier alpha value is -0.775. The van der Waals surface area contributed by atoms with Crippen molar-refractivity contribution in [2.24, 2.45) is 5.14 Å². The van der Waals surface area contributed by atoms with Gasteiger partial charge < -0.3 is 9.31 Å². The molecule has 0 aliphatic carbocycles. The number of alkyl halides is 1. The van der Waals surface area contributed by atoms with E-state index in [9.17, 15) is 12.8 Å². The van der Waals surface area contributed by atoms with Gasteiger partial charge in [-0.05, 0) is 39.8 Å². The molecule has 2 N–H and O–H groups in total. The van der Waals surface area contributed by atoms with Gasteiger partial charge in [-0.2, -0.15) is 12.7 Å². The highest BCUT2D eigenvalue weighted by molar-refractivity contribution is 7.86. The van der Waals surface area contributed by atoms with E-state index < -0.39 is 53.1 Å². The van der Waals surface area contributed by atoms with Gasteiger partial charge in [-0.3, -0.25) is 0 Å². The molecule has 2 saturated heterocycles. The minimum absolute atomic E-state index is 0.0142. The van der Waals surface area contributed by atoms with Crippen LogP contribution in [0.4, 0.5) is 8.78 Å². The van der Waals surface area contributed by atoms with E-state index in [1.807, 2.05) is 27.7 Å². The standard InChI is InChI=1S/C15H20BClF2N2O4S/c1-14(2)15(3,4)25-16(24-14)10-6-8(17)5-9(12(10)19)13-11(18)7-21(13)26(20,22)23/h5-6,11,13H,7H2,1-4H3,(H2,20,22,23). The Kier molecular flexibility index (Phi) is 4.70. The van der Waals surface area contributed by atoms with E-state index in [4.69, 9.17) is 26.0 Å². The van der Waals surface area contributed by atoms with Crippen molar-refractivity contribution in [2.75, 3.05) is 6.54 Å². The van der Waals surface area contributed by atoms with Crippen molar-refractivity contribution in [2.45, 2.75) is 51.1 Å². The van der Waals surface area contributed by atoms with Gasteiger partial charge in [0.15, 0.2) is 0 Å². The SMILES string of the molecule is CC1(C)OB(c2cc(Cl)cc(C3C(F)CN3S(N)(=O)=O)c2F)OC1(C)C. The van der Waals surface area contributed by atoms with E-state index in [-0.39, 0.29) is 16.0 Å². The topological polar surface area (TPSA) is 81.9 Å². The molecule has 2 heterocycles. The highest BCUT2D eigenvalue weighted by Crippen LogP contribution is 2.40. The van der Waals surface area contributed by atoms with Crippen LogP contribution in [0.3, 0.4) is 0 Å². The maximum atomic E-state index is 15.2. The third-order valence-electron chi connectivity index (χ3n) is 5.25. The number of nitrogens with two attached hydrogens (primary N) is 1. The molecule has 0 amide bonds. The Labute approximate surface area is 156 Å². The van der Waals surface area contributed by atoms with Crippen molar-refractivity contribution in [3.05, 3.63) is 28.5 Å². The van der Waals surface area contributed by atoms with Crippen molar-refractivity contribution in [3.63, 3.8) is 0 Å². The van der Waals surface area contributed by atoms with Crippen molar-refractivity contribution in [1.82, 2.24) is 4.31 Å². The average molecular weight is 409 g/mol. The molecule has 0 spiro atoms. The fourth-order valence-corrected chi connectivity index (χ4v) is 4.18. The molecule has 0 radical (unpaired) electrons. The summed E-state index contributed by atoms with van der Waals surface area (Å²) in [6.07, 6.45) is -1.59. The minimum Gasteiger partial charge on any atom is -0.399 e. The van der Waals surface area contributed by atoms with Crippen LogP contribution >= 0.6 is 11.6 Å². The molecule has 26 heavy (non-hydrogen) atoms. The molecule has 0 aromatic heterocycles. The largest absolute Gasteiger partial charge is 0.497 e. The Bertz CT molecular complexity index is 836. The summed E-state index contributed by atoms with van der Waals surface area (Å²) in [6, 6.07) is 1.15. The molecule has 6 nitrogen and oxygen atoms in total. The van der Waals surface area contributed by atoms with E-state index in [1.165, 1.54) is 12.1 Å². The highest BCUT2D eigenvalue weighted by atomic mass is 35.5. The van der Waals surface area contributed by atoms with Gasteiger partial charge in [0.25, 0.3) is 10.2 Å². The molecule has 1 aromatic rings. The summed E-state index contributed by atoms with van der Waals surface area (Å²) in [5.41, 5.74) is -1.63. The second-order valence-corrected chi connectivity index (χ2v) is 9.50. The predicted molar refractivity (Wildman–Crippen MR) is 94.6 cm³/mol. The summed E-state index contributed by atoms with van der Waals surface area (Å²) in [5, 5.41) is 5.19. The van der Waals surface area contributed by atoms with Crippen molar-refractivity contribution in [1.29, 1.82) is 0 Å². The Morgan fingerprint density at radius 2 is 1.81 bits per heavy atom. The first-order valence-corrected chi connectivity index (χ1v) is 9.91. The molecule has 0 bridgehead atoms. The molecule has 1 aromatic carbocycles. The van der Waals surface area contributed by atoms with Crippen LogP contribution in [-0.2, 0) is 19.5 Å². The maximum Gasteiger partial charge on any atom is 0.497 e. The summed E-state index contributed by atoms with van der Waals surface area (Å²) in [4.78, 5) is 0. The Morgan fingerprint density at radius 1 is 1.27 bits per heavy atom. The monoisotopic (exact) mass is 408 g/mol. The molecule has 2 aliphatic rings. The van der Waals surface area contributed by atoms with Crippen LogP contribution in [0.1, 0.15) is 39.3 Å². The first-order valence-electron chi connectivity index (χ1n) is 8.03. The van der Waals surface area contributed by atoms with Crippen LogP contribution in [0.15, 0.2) is 12.1 Å². The first kappa shape index (κ1) is 20.0. The van der Waals surface area contributed by atoms with Crippen molar-refractivity contribution in [3.8, 4) is 0 Å². The van der Waals surface area contributed by atoms with Crippen LogP contribution in [0.2, 0.25) is 5.02 Å². The summed E-state index contributed by atoms with van der Waals surface area (Å²) in [5.74, 6) is -0.825. The number of hydrogen-bond acceptors (Lipinski definition) is 4. The fourth-order valence-electron chi connectivity index (χ4n) is 3.03. The van der Waals surface area contributed by atoms with Gasteiger partial charge in [-0.1, -0.05) is 11.6 Å². The zero-order valence-electron chi connectivity index (χ0n) is 14.8. The average Bonchev–Trinajstić information content (AvgIpc) is 2.67. The van der Waals surface area contributed by atoms with Gasteiger partial charge in [0.05, 0.1) is 17.2 Å². The van der Waals surface area contributed by atoms with Crippen molar-refractivity contribution >= 4 is 34.4 Å². The maximum absolute atomic E-state index is 15.2. The quantitative estimate of drug-likeness (QED) is 0.772. The molecule has 2 aliphatic heterocycles. The van der Waals surface area contributed by atoms with E-state index in [2.05, 4.69) is 0 Å². The van der Waals surface area contributed by atoms with Gasteiger partial charge in [-0.15, -0.1) is 0 Å². The van der Waals surface area contributed by atoms with E-state index in [0.717, 1.165) is 0 Å². The van der Waals surface area contributed by atoms with Gasteiger partial charge in [0.2, 0.25) is 0 Å².